The largest absolute Gasteiger partial charge is 0.198 e. The van der Waals surface area contributed by atoms with E-state index in [1.165, 1.54) is 5.56 Å². The normalized spacial score (nSPS) is 9.07. The quantitative estimate of drug-likeness (QED) is 0.724. The van der Waals surface area contributed by atoms with E-state index in [-0.39, 0.29) is 0 Å². The minimum Gasteiger partial charge on any atom is -0.198 e. The lowest BCUT2D eigenvalue weighted by atomic mass is 9.99. The van der Waals surface area contributed by atoms with Crippen LogP contribution in [0.5, 0.6) is 0 Å². The monoisotopic (exact) mass is 184 g/mol. The van der Waals surface area contributed by atoms with E-state index in [1.54, 1.807) is 0 Å². The van der Waals surface area contributed by atoms with Gasteiger partial charge in [-0.05, 0) is 23.1 Å². The van der Waals surface area contributed by atoms with E-state index in [0.717, 1.165) is 17.5 Å². The molecule has 1 aromatic rings. The van der Waals surface area contributed by atoms with Gasteiger partial charge in [0.25, 0.3) is 0 Å². The molecule has 0 aliphatic carbocycles. The van der Waals surface area contributed by atoms with E-state index >= 15 is 0 Å². The molecule has 0 aromatic heterocycles. The van der Waals surface area contributed by atoms with Crippen LogP contribution < -0.4 is 0 Å². The zero-order valence-corrected chi connectivity index (χ0v) is 8.25. The van der Waals surface area contributed by atoms with E-state index in [4.69, 9.17) is 10.5 Å². The van der Waals surface area contributed by atoms with Crippen molar-refractivity contribution in [1.29, 1.82) is 10.5 Å². The first-order valence-electron chi connectivity index (χ1n) is 4.66. The molecular formula is C12H12N2. The highest BCUT2D eigenvalue weighted by Gasteiger charge is 2.01. The summed E-state index contributed by atoms with van der Waals surface area (Å²) in [7, 11) is 0. The van der Waals surface area contributed by atoms with Crippen LogP contribution in [0.1, 0.15) is 23.6 Å². The molecule has 70 valence electrons. The Labute approximate surface area is 84.4 Å². The van der Waals surface area contributed by atoms with Crippen molar-refractivity contribution in [3.8, 4) is 12.1 Å². The van der Waals surface area contributed by atoms with Crippen LogP contribution in [0.25, 0.3) is 0 Å². The number of benzene rings is 1. The van der Waals surface area contributed by atoms with Crippen molar-refractivity contribution in [2.75, 3.05) is 0 Å². The van der Waals surface area contributed by atoms with Gasteiger partial charge in [-0.1, -0.05) is 25.1 Å². The van der Waals surface area contributed by atoms with Crippen molar-refractivity contribution in [2.24, 2.45) is 0 Å². The summed E-state index contributed by atoms with van der Waals surface area (Å²) in [5.41, 5.74) is 3.29. The molecule has 1 rings (SSSR count). The molecule has 0 amide bonds. The van der Waals surface area contributed by atoms with Gasteiger partial charge in [-0.15, -0.1) is 0 Å². The maximum Gasteiger partial charge on any atom is 0.0669 e. The molecule has 0 heterocycles. The molecule has 0 atom stereocenters. The van der Waals surface area contributed by atoms with Crippen molar-refractivity contribution < 1.29 is 0 Å². The molecule has 2 nitrogen and oxygen atoms in total. The molecule has 0 aliphatic heterocycles. The van der Waals surface area contributed by atoms with Crippen LogP contribution in [0.2, 0.25) is 0 Å². The second-order valence-corrected chi connectivity index (χ2v) is 3.13. The summed E-state index contributed by atoms with van der Waals surface area (Å²) in [5, 5.41) is 17.2. The highest BCUT2D eigenvalue weighted by Crippen LogP contribution is 2.13. The van der Waals surface area contributed by atoms with Crippen LogP contribution >= 0.6 is 0 Å². The Morgan fingerprint density at radius 1 is 1.07 bits per heavy atom. The highest BCUT2D eigenvalue weighted by molar-refractivity contribution is 5.34. The third-order valence-electron chi connectivity index (χ3n) is 2.20. The summed E-state index contributed by atoms with van der Waals surface area (Å²) < 4.78 is 0. The predicted octanol–water partition coefficient (Wildman–Crippen LogP) is 2.38. The van der Waals surface area contributed by atoms with Gasteiger partial charge in [0, 0.05) is 0 Å². The van der Waals surface area contributed by atoms with Crippen LogP contribution in [0.4, 0.5) is 0 Å². The molecule has 2 heteroatoms. The van der Waals surface area contributed by atoms with Gasteiger partial charge in [-0.25, -0.2) is 0 Å². The smallest absolute Gasteiger partial charge is 0.0669 e. The summed E-state index contributed by atoms with van der Waals surface area (Å²) in [6, 6.07) is 10.2. The maximum absolute atomic E-state index is 8.61. The van der Waals surface area contributed by atoms with Gasteiger partial charge in [0.1, 0.15) is 0 Å². The Morgan fingerprint density at radius 2 is 1.79 bits per heavy atom. The molecule has 0 saturated carbocycles. The van der Waals surface area contributed by atoms with E-state index in [1.807, 2.05) is 18.2 Å². The lowest BCUT2D eigenvalue weighted by Gasteiger charge is -2.05. The number of hydrogen-bond acceptors (Lipinski definition) is 2. The molecule has 0 unspecified atom stereocenters. The number of nitriles is 2. The Kier molecular flexibility index (Phi) is 3.70. The molecular weight excluding hydrogens is 172 g/mol. The van der Waals surface area contributed by atoms with Gasteiger partial charge in [-0.2, -0.15) is 10.5 Å². The Hall–Kier alpha value is -1.80. The molecule has 14 heavy (non-hydrogen) atoms. The molecule has 0 fully saturated rings. The van der Waals surface area contributed by atoms with Crippen LogP contribution in [-0.4, -0.2) is 0 Å². The Bertz CT molecular complexity index is 394. The second kappa shape index (κ2) is 5.04. The minimum atomic E-state index is 0.444. The van der Waals surface area contributed by atoms with Crippen molar-refractivity contribution >= 4 is 0 Å². The van der Waals surface area contributed by atoms with Crippen molar-refractivity contribution in [3.63, 3.8) is 0 Å². The molecule has 0 N–H and O–H groups in total. The number of aryl methyl sites for hydroxylation is 1. The first-order chi connectivity index (χ1) is 6.81. The number of hydrogen-bond donors (Lipinski definition) is 0. The average Bonchev–Trinajstić information content (AvgIpc) is 2.21. The minimum absolute atomic E-state index is 0.444. The summed E-state index contributed by atoms with van der Waals surface area (Å²) >= 11 is 0. The first kappa shape index (κ1) is 10.3. The van der Waals surface area contributed by atoms with Crippen LogP contribution in [-0.2, 0) is 19.3 Å². The Balaban J connectivity index is 3.01. The molecule has 0 spiro atoms. The summed E-state index contributed by atoms with van der Waals surface area (Å²) in [6.07, 6.45) is 1.81. The fraction of sp³-hybridized carbons (Fsp3) is 0.333. The van der Waals surface area contributed by atoms with Gasteiger partial charge < -0.3 is 0 Å². The van der Waals surface area contributed by atoms with E-state index in [9.17, 15) is 0 Å². The van der Waals surface area contributed by atoms with Crippen molar-refractivity contribution in [1.82, 2.24) is 0 Å². The SMILES string of the molecule is CCc1cc(CC#N)ccc1CC#N. The average molecular weight is 184 g/mol. The maximum atomic E-state index is 8.61. The van der Waals surface area contributed by atoms with Gasteiger partial charge in [0.2, 0.25) is 0 Å². The third-order valence-corrected chi connectivity index (χ3v) is 2.20. The number of rotatable bonds is 3. The number of nitrogens with zero attached hydrogens (tertiary/aromatic N) is 2. The molecule has 0 aliphatic rings. The van der Waals surface area contributed by atoms with Crippen molar-refractivity contribution in [2.45, 2.75) is 26.2 Å². The van der Waals surface area contributed by atoms with Crippen LogP contribution in [0.3, 0.4) is 0 Å². The van der Waals surface area contributed by atoms with Crippen LogP contribution in [0.15, 0.2) is 18.2 Å². The lowest BCUT2D eigenvalue weighted by Crippen LogP contribution is -1.94. The molecule has 0 saturated heterocycles. The van der Waals surface area contributed by atoms with Gasteiger partial charge in [0.05, 0.1) is 25.0 Å². The Morgan fingerprint density at radius 3 is 2.36 bits per heavy atom. The zero-order valence-electron chi connectivity index (χ0n) is 8.25. The van der Waals surface area contributed by atoms with Crippen molar-refractivity contribution in [3.05, 3.63) is 34.9 Å². The van der Waals surface area contributed by atoms with Gasteiger partial charge in [-0.3, -0.25) is 0 Å². The summed E-state index contributed by atoms with van der Waals surface area (Å²) in [6.45, 7) is 2.06. The molecule has 0 radical (unpaired) electrons. The van der Waals surface area contributed by atoms with Gasteiger partial charge >= 0.3 is 0 Å². The molecule has 0 bridgehead atoms. The fourth-order valence-electron chi connectivity index (χ4n) is 1.47. The van der Waals surface area contributed by atoms with E-state index < -0.39 is 0 Å². The standard InChI is InChI=1S/C12H12N2/c1-2-11-9-10(5-7-13)3-4-12(11)6-8-14/h3-4,9H,2,5-6H2,1H3. The van der Waals surface area contributed by atoms with Crippen LogP contribution in [0, 0.1) is 22.7 Å². The summed E-state index contributed by atoms with van der Waals surface area (Å²) in [4.78, 5) is 0. The lowest BCUT2D eigenvalue weighted by molar-refractivity contribution is 1.06. The topological polar surface area (TPSA) is 47.6 Å². The predicted molar refractivity (Wildman–Crippen MR) is 54.5 cm³/mol. The summed E-state index contributed by atoms with van der Waals surface area (Å²) in [5.74, 6) is 0. The molecule has 1 aromatic carbocycles. The zero-order chi connectivity index (χ0) is 10.4. The third kappa shape index (κ3) is 2.34. The highest BCUT2D eigenvalue weighted by atomic mass is 14.2. The first-order valence-corrected chi connectivity index (χ1v) is 4.66. The van der Waals surface area contributed by atoms with Gasteiger partial charge in [0.15, 0.2) is 0 Å². The van der Waals surface area contributed by atoms with E-state index in [2.05, 4.69) is 19.1 Å². The van der Waals surface area contributed by atoms with E-state index in [0.29, 0.717) is 12.8 Å². The fourth-order valence-corrected chi connectivity index (χ4v) is 1.47. The second-order valence-electron chi connectivity index (χ2n) is 3.13.